The summed E-state index contributed by atoms with van der Waals surface area (Å²) in [5.74, 6) is 1.10. The molecular weight excluding hydrogens is 475 g/mol. The highest BCUT2D eigenvalue weighted by atomic mass is 127. The number of hydrogen-bond donors (Lipinski definition) is 1. The van der Waals surface area contributed by atoms with Gasteiger partial charge in [-0.1, -0.05) is 31.2 Å². The molecule has 5 nitrogen and oxygen atoms in total. The minimum Gasteiger partial charge on any atom is -0.381 e. The van der Waals surface area contributed by atoms with Gasteiger partial charge in [-0.2, -0.15) is 0 Å². The van der Waals surface area contributed by atoms with Crippen LogP contribution in [-0.2, 0) is 17.7 Å². The third-order valence-corrected chi connectivity index (χ3v) is 6.86. The van der Waals surface area contributed by atoms with Gasteiger partial charge in [-0.15, -0.1) is 24.0 Å². The second kappa shape index (κ2) is 10.4. The number of hydrogen-bond acceptors (Lipinski definition) is 3. The van der Waals surface area contributed by atoms with Crippen LogP contribution in [0.1, 0.15) is 44.2 Å². The van der Waals surface area contributed by atoms with Crippen molar-refractivity contribution in [2.75, 3.05) is 45.9 Å². The van der Waals surface area contributed by atoms with Crippen LogP contribution in [0.4, 0.5) is 0 Å². The van der Waals surface area contributed by atoms with E-state index in [2.05, 4.69) is 53.2 Å². The first-order valence-corrected chi connectivity index (χ1v) is 11.1. The zero-order chi connectivity index (χ0) is 19.4. The summed E-state index contributed by atoms with van der Waals surface area (Å²) in [6.45, 7) is 12.5. The molecule has 1 aromatic rings. The molecule has 1 aromatic carbocycles. The van der Waals surface area contributed by atoms with Crippen LogP contribution in [0, 0.1) is 5.41 Å². The summed E-state index contributed by atoms with van der Waals surface area (Å²) in [5.41, 5.74) is 3.38. The third-order valence-electron chi connectivity index (χ3n) is 6.86. The summed E-state index contributed by atoms with van der Waals surface area (Å²) in [6.07, 6.45) is 4.74. The van der Waals surface area contributed by atoms with Crippen molar-refractivity contribution in [2.45, 2.75) is 52.1 Å². The van der Waals surface area contributed by atoms with Crippen molar-refractivity contribution in [2.24, 2.45) is 10.4 Å². The van der Waals surface area contributed by atoms with Crippen LogP contribution in [0.25, 0.3) is 0 Å². The van der Waals surface area contributed by atoms with Crippen molar-refractivity contribution in [1.29, 1.82) is 0 Å². The maximum absolute atomic E-state index is 5.70. The SMILES string of the molecule is CCNC(=NCC(CC)N1CCc2ccccc2C1)N1CCC2(CCOC2)C1.I. The standard InChI is InChI=1S/C23H36N4O.HI/c1-3-21(26-12-9-19-7-5-6-8-20(19)16-26)15-25-22(24-4-2)27-13-10-23(17-27)11-14-28-18-23;/h5-8,21H,3-4,9-18H2,1-2H3,(H,24,25);1H. The highest BCUT2D eigenvalue weighted by Crippen LogP contribution is 2.38. The maximum atomic E-state index is 5.70. The molecule has 162 valence electrons. The quantitative estimate of drug-likeness (QED) is 0.373. The van der Waals surface area contributed by atoms with Crippen molar-refractivity contribution in [3.8, 4) is 0 Å². The Labute approximate surface area is 193 Å². The van der Waals surface area contributed by atoms with Gasteiger partial charge < -0.3 is 15.0 Å². The molecular formula is C23H37IN4O. The van der Waals surface area contributed by atoms with Crippen LogP contribution in [0.2, 0.25) is 0 Å². The minimum absolute atomic E-state index is 0. The van der Waals surface area contributed by atoms with Crippen molar-refractivity contribution in [3.63, 3.8) is 0 Å². The second-order valence-corrected chi connectivity index (χ2v) is 8.72. The average molecular weight is 512 g/mol. The molecule has 0 amide bonds. The van der Waals surface area contributed by atoms with Crippen LogP contribution < -0.4 is 5.32 Å². The van der Waals surface area contributed by atoms with Crippen molar-refractivity contribution >= 4 is 29.9 Å². The van der Waals surface area contributed by atoms with E-state index in [1.54, 1.807) is 0 Å². The van der Waals surface area contributed by atoms with Gasteiger partial charge in [-0.25, -0.2) is 0 Å². The number of rotatable bonds is 5. The molecule has 4 rings (SSSR count). The normalized spacial score (nSPS) is 25.7. The molecule has 0 aromatic heterocycles. The molecule has 3 heterocycles. The number of halogens is 1. The lowest BCUT2D eigenvalue weighted by Gasteiger charge is -2.35. The van der Waals surface area contributed by atoms with Gasteiger partial charge in [0, 0.05) is 50.8 Å². The first kappa shape index (κ1) is 22.8. The molecule has 3 aliphatic heterocycles. The largest absolute Gasteiger partial charge is 0.381 e. The molecule has 0 bridgehead atoms. The van der Waals surface area contributed by atoms with Gasteiger partial charge in [0.25, 0.3) is 0 Å². The van der Waals surface area contributed by atoms with E-state index in [1.165, 1.54) is 24.0 Å². The summed E-state index contributed by atoms with van der Waals surface area (Å²) in [5, 5.41) is 3.55. The summed E-state index contributed by atoms with van der Waals surface area (Å²) in [6, 6.07) is 9.41. The zero-order valence-electron chi connectivity index (χ0n) is 18.0. The average Bonchev–Trinajstić information content (AvgIpc) is 3.37. The van der Waals surface area contributed by atoms with E-state index in [9.17, 15) is 0 Å². The lowest BCUT2D eigenvalue weighted by atomic mass is 9.87. The first-order chi connectivity index (χ1) is 13.7. The Morgan fingerprint density at radius 2 is 2.03 bits per heavy atom. The van der Waals surface area contributed by atoms with Crippen molar-refractivity contribution in [3.05, 3.63) is 35.4 Å². The van der Waals surface area contributed by atoms with E-state index >= 15 is 0 Å². The lowest BCUT2D eigenvalue weighted by molar-refractivity contribution is 0.156. The summed E-state index contributed by atoms with van der Waals surface area (Å²) < 4.78 is 5.70. The smallest absolute Gasteiger partial charge is 0.193 e. The molecule has 3 aliphatic rings. The maximum Gasteiger partial charge on any atom is 0.193 e. The fourth-order valence-electron chi connectivity index (χ4n) is 5.04. The summed E-state index contributed by atoms with van der Waals surface area (Å²) >= 11 is 0. The summed E-state index contributed by atoms with van der Waals surface area (Å²) in [4.78, 5) is 10.2. The van der Waals surface area contributed by atoms with Crippen LogP contribution >= 0.6 is 24.0 Å². The lowest BCUT2D eigenvalue weighted by Crippen LogP contribution is -2.44. The number of fused-ring (bicyclic) bond motifs is 1. The number of nitrogens with zero attached hydrogens (tertiary/aromatic N) is 3. The molecule has 2 unspecified atom stereocenters. The number of nitrogens with one attached hydrogen (secondary N) is 1. The highest BCUT2D eigenvalue weighted by molar-refractivity contribution is 14.0. The summed E-state index contributed by atoms with van der Waals surface area (Å²) in [7, 11) is 0. The third kappa shape index (κ3) is 5.25. The number of likely N-dealkylation sites (tertiary alicyclic amines) is 1. The number of ether oxygens (including phenoxy) is 1. The van der Waals surface area contributed by atoms with E-state index in [0.717, 1.165) is 71.3 Å². The van der Waals surface area contributed by atoms with Gasteiger partial charge in [0.05, 0.1) is 13.2 Å². The number of aliphatic imine (C=N–C) groups is 1. The van der Waals surface area contributed by atoms with Crippen molar-refractivity contribution in [1.82, 2.24) is 15.1 Å². The van der Waals surface area contributed by atoms with E-state index < -0.39 is 0 Å². The Balaban J connectivity index is 0.00000240. The van der Waals surface area contributed by atoms with Crippen LogP contribution in [0.15, 0.2) is 29.3 Å². The van der Waals surface area contributed by atoms with Crippen LogP contribution in [0.3, 0.4) is 0 Å². The Hall–Kier alpha value is -0.860. The van der Waals surface area contributed by atoms with E-state index in [1.807, 2.05) is 0 Å². The molecule has 0 radical (unpaired) electrons. The fraction of sp³-hybridized carbons (Fsp3) is 0.696. The van der Waals surface area contributed by atoms with E-state index in [0.29, 0.717) is 11.5 Å². The molecule has 1 N–H and O–H groups in total. The molecule has 1 spiro atoms. The second-order valence-electron chi connectivity index (χ2n) is 8.72. The van der Waals surface area contributed by atoms with Gasteiger partial charge in [-0.3, -0.25) is 9.89 Å². The van der Waals surface area contributed by atoms with Gasteiger partial charge >= 0.3 is 0 Å². The van der Waals surface area contributed by atoms with Crippen molar-refractivity contribution < 1.29 is 4.74 Å². The molecule has 2 atom stereocenters. The molecule has 6 heteroatoms. The predicted molar refractivity (Wildman–Crippen MR) is 130 cm³/mol. The molecule has 29 heavy (non-hydrogen) atoms. The van der Waals surface area contributed by atoms with Gasteiger partial charge in [0.15, 0.2) is 5.96 Å². The Morgan fingerprint density at radius 3 is 2.76 bits per heavy atom. The van der Waals surface area contributed by atoms with Gasteiger partial charge in [0.1, 0.15) is 0 Å². The minimum atomic E-state index is 0. The Kier molecular flexibility index (Phi) is 8.22. The van der Waals surface area contributed by atoms with Crippen LogP contribution in [0.5, 0.6) is 0 Å². The molecule has 2 saturated heterocycles. The predicted octanol–water partition coefficient (Wildman–Crippen LogP) is 3.52. The van der Waals surface area contributed by atoms with E-state index in [4.69, 9.17) is 9.73 Å². The topological polar surface area (TPSA) is 40.1 Å². The monoisotopic (exact) mass is 512 g/mol. The number of guanidine groups is 1. The zero-order valence-corrected chi connectivity index (χ0v) is 20.4. The molecule has 0 aliphatic carbocycles. The first-order valence-electron chi connectivity index (χ1n) is 11.1. The van der Waals surface area contributed by atoms with Crippen LogP contribution in [-0.4, -0.2) is 67.7 Å². The molecule has 0 saturated carbocycles. The highest BCUT2D eigenvalue weighted by Gasteiger charge is 2.42. The Morgan fingerprint density at radius 1 is 1.21 bits per heavy atom. The fourth-order valence-corrected chi connectivity index (χ4v) is 5.04. The Bertz CT molecular complexity index is 689. The number of benzene rings is 1. The van der Waals surface area contributed by atoms with Gasteiger partial charge in [0.2, 0.25) is 0 Å². The van der Waals surface area contributed by atoms with Gasteiger partial charge in [-0.05, 0) is 43.7 Å². The molecule has 2 fully saturated rings. The van der Waals surface area contributed by atoms with E-state index in [-0.39, 0.29) is 24.0 Å².